The molecule has 2 saturated heterocycles. The van der Waals surface area contributed by atoms with Gasteiger partial charge in [-0.05, 0) is 30.5 Å². The monoisotopic (exact) mass is 703 g/mol. The number of β-lactam (4-membered cyclic amide) rings is 1. The topological polar surface area (TPSA) is 181 Å². The lowest BCUT2D eigenvalue weighted by molar-refractivity contribution is -0.152. The van der Waals surface area contributed by atoms with E-state index < -0.39 is 5.25 Å². The van der Waals surface area contributed by atoms with E-state index in [0.717, 1.165) is 29.7 Å². The lowest BCUT2D eigenvalue weighted by Gasteiger charge is -2.28. The molecule has 0 saturated carbocycles. The predicted molar refractivity (Wildman–Crippen MR) is 183 cm³/mol. The van der Waals surface area contributed by atoms with Crippen molar-refractivity contribution in [2.75, 3.05) is 63.7 Å². The van der Waals surface area contributed by atoms with Crippen LogP contribution in [0.15, 0.2) is 24.3 Å². The zero-order chi connectivity index (χ0) is 35.4. The molecule has 0 spiro atoms. The third kappa shape index (κ3) is 14.7. The number of anilines is 1. The molecule has 2 heterocycles. The second kappa shape index (κ2) is 22.0. The molecule has 1 atom stereocenters. The highest BCUT2D eigenvalue weighted by molar-refractivity contribution is 8.00. The number of carbonyl (C=O) groups is 7. The summed E-state index contributed by atoms with van der Waals surface area (Å²) in [6.07, 6.45) is 4.83. The minimum Gasteiger partial charge on any atom is -0.379 e. The summed E-state index contributed by atoms with van der Waals surface area (Å²) in [5.41, 5.74) is 1.57. The van der Waals surface area contributed by atoms with Gasteiger partial charge < -0.3 is 25.4 Å². The van der Waals surface area contributed by atoms with Gasteiger partial charge in [-0.1, -0.05) is 31.9 Å². The smallest absolute Gasteiger partial charge is 0.242 e. The Kier molecular flexibility index (Phi) is 17.8. The van der Waals surface area contributed by atoms with Crippen molar-refractivity contribution in [3.8, 4) is 0 Å². The van der Waals surface area contributed by atoms with Gasteiger partial charge in [-0.2, -0.15) is 0 Å². The second-order valence-corrected chi connectivity index (χ2v) is 13.1. The Morgan fingerprint density at radius 3 is 2.22 bits per heavy atom. The number of rotatable bonds is 24. The van der Waals surface area contributed by atoms with Crippen LogP contribution in [-0.4, -0.2) is 115 Å². The van der Waals surface area contributed by atoms with E-state index in [9.17, 15) is 33.6 Å². The van der Waals surface area contributed by atoms with Crippen LogP contribution in [0.25, 0.3) is 0 Å². The van der Waals surface area contributed by atoms with Crippen LogP contribution in [0.4, 0.5) is 5.69 Å². The number of ether oxygens (including phenoxy) is 2. The first-order chi connectivity index (χ1) is 23.7. The van der Waals surface area contributed by atoms with E-state index in [2.05, 4.69) is 22.9 Å². The molecule has 1 aromatic carbocycles. The molecule has 1 unspecified atom stereocenters. The van der Waals surface area contributed by atoms with Crippen LogP contribution in [-0.2, 0) is 49.5 Å². The van der Waals surface area contributed by atoms with Gasteiger partial charge in [-0.3, -0.25) is 43.4 Å². The van der Waals surface area contributed by atoms with Crippen LogP contribution in [0.2, 0.25) is 0 Å². The Labute approximate surface area is 291 Å². The Bertz CT molecular complexity index is 1290. The lowest BCUT2D eigenvalue weighted by atomic mass is 10.1. The minimum atomic E-state index is -0.522. The number of hydrogen-bond donors (Lipinski definition) is 3. The second-order valence-electron chi connectivity index (χ2n) is 11.8. The van der Waals surface area contributed by atoms with Crippen LogP contribution in [0, 0.1) is 0 Å². The molecule has 0 radical (unpaired) electrons. The Balaban J connectivity index is 1.14. The van der Waals surface area contributed by atoms with Gasteiger partial charge >= 0.3 is 0 Å². The van der Waals surface area contributed by atoms with E-state index in [4.69, 9.17) is 9.47 Å². The molecule has 15 heteroatoms. The third-order valence-electron chi connectivity index (χ3n) is 7.95. The summed E-state index contributed by atoms with van der Waals surface area (Å²) < 4.78 is 10.9. The van der Waals surface area contributed by atoms with Gasteiger partial charge in [0.05, 0.1) is 38.1 Å². The van der Waals surface area contributed by atoms with Gasteiger partial charge in [-0.25, -0.2) is 0 Å². The van der Waals surface area contributed by atoms with E-state index in [1.54, 1.807) is 12.1 Å². The summed E-state index contributed by atoms with van der Waals surface area (Å²) >= 11 is 1.30. The molecule has 0 aliphatic carbocycles. The molecule has 2 aliphatic heterocycles. The number of benzene rings is 1. The molecule has 270 valence electrons. The highest BCUT2D eigenvalue weighted by Crippen LogP contribution is 2.26. The van der Waals surface area contributed by atoms with E-state index >= 15 is 0 Å². The van der Waals surface area contributed by atoms with E-state index in [0.29, 0.717) is 37.4 Å². The molecule has 14 nitrogen and oxygen atoms in total. The van der Waals surface area contributed by atoms with E-state index in [1.165, 1.54) is 16.7 Å². The number of likely N-dealkylation sites (tertiary alicyclic amines) is 2. The summed E-state index contributed by atoms with van der Waals surface area (Å²) in [6.45, 7) is 4.54. The summed E-state index contributed by atoms with van der Waals surface area (Å²) in [5, 5.41) is 7.83. The van der Waals surface area contributed by atoms with Gasteiger partial charge in [0.15, 0.2) is 0 Å². The van der Waals surface area contributed by atoms with Crippen molar-refractivity contribution in [2.45, 2.75) is 76.4 Å². The minimum absolute atomic E-state index is 0.00656. The fourth-order valence-electron chi connectivity index (χ4n) is 5.00. The highest BCUT2D eigenvalue weighted by atomic mass is 32.2. The molecule has 7 amide bonds. The summed E-state index contributed by atoms with van der Waals surface area (Å²) in [5.74, 6) is -1.01. The largest absolute Gasteiger partial charge is 0.379 e. The Morgan fingerprint density at radius 2 is 1.53 bits per heavy atom. The first kappa shape index (κ1) is 39.6. The average Bonchev–Trinajstić information content (AvgIpc) is 3.34. The number of aryl methyl sites for hydroxylation is 1. The lowest BCUT2D eigenvalue weighted by Crippen LogP contribution is -2.47. The number of thioether (sulfide) groups is 1. The number of nitrogens with zero attached hydrogens (tertiary/aromatic N) is 2. The molecule has 3 N–H and O–H groups in total. The number of hydrogen-bond acceptors (Lipinski definition) is 10. The van der Waals surface area contributed by atoms with Crippen molar-refractivity contribution >= 4 is 58.8 Å². The van der Waals surface area contributed by atoms with Crippen molar-refractivity contribution in [2.24, 2.45) is 0 Å². The predicted octanol–water partition coefficient (Wildman–Crippen LogP) is 1.80. The van der Waals surface area contributed by atoms with Crippen LogP contribution < -0.4 is 16.0 Å². The van der Waals surface area contributed by atoms with Crippen molar-refractivity contribution in [3.05, 3.63) is 29.8 Å². The van der Waals surface area contributed by atoms with Crippen molar-refractivity contribution in [1.82, 2.24) is 20.4 Å². The maximum absolute atomic E-state index is 12.6. The normalized spacial score (nSPS) is 15.7. The van der Waals surface area contributed by atoms with E-state index in [-0.39, 0.29) is 113 Å². The van der Waals surface area contributed by atoms with Gasteiger partial charge in [0, 0.05) is 69.7 Å². The molecular weight excluding hydrogens is 654 g/mol. The standard InChI is InChI=1S/C34H49N5O9S/c1-2-3-4-15-35-29(41)14-23-49-27-24-33(45)39(34(27)46)17-11-28(40)36-16-20-48-22-21-47-19-13-30(42)37-26-8-5-25(6-9-26)7-10-31(43)38-18-12-32(38)44/h5-6,8-9,27H,2-4,7,10-24H2,1H3,(H,35,41)(H,36,40)(H,37,42). The quantitative estimate of drug-likeness (QED) is 0.0817. The van der Waals surface area contributed by atoms with Gasteiger partial charge in [0.25, 0.3) is 0 Å². The molecule has 0 aromatic heterocycles. The summed E-state index contributed by atoms with van der Waals surface area (Å²) in [6, 6.07) is 7.21. The molecule has 2 aliphatic rings. The van der Waals surface area contributed by atoms with Crippen molar-refractivity contribution < 1.29 is 43.0 Å². The summed E-state index contributed by atoms with van der Waals surface area (Å²) in [4.78, 5) is 87.0. The molecule has 3 rings (SSSR count). The number of unbranched alkanes of at least 4 members (excludes halogenated alkanes) is 2. The SMILES string of the molecule is CCCCCNC(=O)CCSC1CC(=O)N(CCC(=O)NCCOCCOCCC(=O)Nc2ccc(CCC(=O)N3CCC3=O)cc2)C1=O. The van der Waals surface area contributed by atoms with Crippen LogP contribution in [0.5, 0.6) is 0 Å². The molecule has 2 fully saturated rings. The Morgan fingerprint density at radius 1 is 0.816 bits per heavy atom. The average molecular weight is 704 g/mol. The zero-order valence-corrected chi connectivity index (χ0v) is 29.1. The molecular formula is C34H49N5O9S. The molecule has 49 heavy (non-hydrogen) atoms. The van der Waals surface area contributed by atoms with Crippen molar-refractivity contribution in [1.29, 1.82) is 0 Å². The van der Waals surface area contributed by atoms with Gasteiger partial charge in [-0.15, -0.1) is 11.8 Å². The zero-order valence-electron chi connectivity index (χ0n) is 28.3. The fourth-order valence-corrected chi connectivity index (χ4v) is 6.12. The third-order valence-corrected chi connectivity index (χ3v) is 9.16. The van der Waals surface area contributed by atoms with Crippen LogP contribution in [0.1, 0.15) is 70.3 Å². The fraction of sp³-hybridized carbons (Fsp3) is 0.618. The number of imide groups is 2. The molecule has 1 aromatic rings. The first-order valence-corrected chi connectivity index (χ1v) is 18.1. The van der Waals surface area contributed by atoms with Gasteiger partial charge in [0.2, 0.25) is 41.4 Å². The Hall–Kier alpha value is -3.82. The number of amides is 7. The van der Waals surface area contributed by atoms with Crippen LogP contribution in [0.3, 0.4) is 0 Å². The summed E-state index contributed by atoms with van der Waals surface area (Å²) in [7, 11) is 0. The highest BCUT2D eigenvalue weighted by Gasteiger charge is 2.38. The molecule has 0 bridgehead atoms. The number of carbonyl (C=O) groups excluding carboxylic acids is 7. The van der Waals surface area contributed by atoms with Crippen molar-refractivity contribution in [3.63, 3.8) is 0 Å². The maximum atomic E-state index is 12.6. The maximum Gasteiger partial charge on any atom is 0.242 e. The van der Waals surface area contributed by atoms with Crippen LogP contribution >= 0.6 is 11.8 Å². The number of nitrogens with one attached hydrogen (secondary N) is 3. The van der Waals surface area contributed by atoms with E-state index in [1.807, 2.05) is 12.1 Å². The first-order valence-electron chi connectivity index (χ1n) is 17.0. The van der Waals surface area contributed by atoms with Gasteiger partial charge in [0.1, 0.15) is 0 Å².